The maximum Gasteiger partial charge on any atom is 0.303 e. The molecule has 0 radical (unpaired) electrons. The number of carboxylic acids is 1. The van der Waals surface area contributed by atoms with Crippen molar-refractivity contribution >= 4 is 5.97 Å². The lowest BCUT2D eigenvalue weighted by Gasteiger charge is -2.13. The highest BCUT2D eigenvalue weighted by molar-refractivity contribution is 5.66. The van der Waals surface area contributed by atoms with Crippen LogP contribution in [-0.2, 0) is 4.79 Å². The van der Waals surface area contributed by atoms with Crippen molar-refractivity contribution in [2.75, 3.05) is 0 Å². The van der Waals surface area contributed by atoms with E-state index in [0.29, 0.717) is 19.3 Å². The normalized spacial score (nSPS) is 15.1. The van der Waals surface area contributed by atoms with Gasteiger partial charge >= 0.3 is 5.97 Å². The lowest BCUT2D eigenvalue weighted by atomic mass is 10.1. The van der Waals surface area contributed by atoms with Crippen molar-refractivity contribution in [3.05, 3.63) is 48.6 Å². The summed E-state index contributed by atoms with van der Waals surface area (Å²) in [7, 11) is 0. The molecule has 0 saturated carbocycles. The van der Waals surface area contributed by atoms with Crippen LogP contribution in [0.15, 0.2) is 48.6 Å². The second-order valence-corrected chi connectivity index (χ2v) is 5.66. The van der Waals surface area contributed by atoms with E-state index in [1.165, 1.54) is 0 Å². The quantitative estimate of drug-likeness (QED) is 0.329. The first-order valence-corrected chi connectivity index (χ1v) is 8.75. The molecule has 0 aromatic rings. The Labute approximate surface area is 145 Å². The summed E-state index contributed by atoms with van der Waals surface area (Å²) in [5.74, 6) is -0.736. The van der Waals surface area contributed by atoms with Crippen molar-refractivity contribution in [1.29, 1.82) is 0 Å². The Hall–Kier alpha value is -1.65. The predicted octanol–water partition coefficient (Wildman–Crippen LogP) is 4.16. The summed E-state index contributed by atoms with van der Waals surface area (Å²) in [5.41, 5.74) is 0. The Morgan fingerprint density at radius 1 is 0.833 bits per heavy atom. The van der Waals surface area contributed by atoms with Crippen molar-refractivity contribution in [1.82, 2.24) is 0 Å². The number of aliphatic hydroxyl groups is 2. The number of allylic oxidation sites excluding steroid dienone is 7. The zero-order chi connectivity index (χ0) is 18.0. The first kappa shape index (κ1) is 22.4. The lowest BCUT2D eigenvalue weighted by Crippen LogP contribution is -2.23. The van der Waals surface area contributed by atoms with Gasteiger partial charge in [-0.25, -0.2) is 0 Å². The Bertz CT molecular complexity index is 421. The Kier molecular flexibility index (Phi) is 15.1. The molecule has 0 aliphatic carbocycles. The average Bonchev–Trinajstić information content (AvgIpc) is 2.57. The number of carboxylic acid groups (broad SMARTS) is 1. The molecular weight excluding hydrogens is 304 g/mol. The SMILES string of the molecule is CC[C@H](O)[C@@H](O)C/C=C\C/C=C\C/C=C\C/C=C\CCCC(=O)O. The second-order valence-electron chi connectivity index (χ2n) is 5.66. The van der Waals surface area contributed by atoms with Gasteiger partial charge in [0, 0.05) is 6.42 Å². The lowest BCUT2D eigenvalue weighted by molar-refractivity contribution is -0.137. The zero-order valence-electron chi connectivity index (χ0n) is 14.7. The van der Waals surface area contributed by atoms with Gasteiger partial charge in [-0.2, -0.15) is 0 Å². The van der Waals surface area contributed by atoms with Crippen LogP contribution in [0.2, 0.25) is 0 Å². The van der Waals surface area contributed by atoms with E-state index in [2.05, 4.69) is 30.4 Å². The van der Waals surface area contributed by atoms with Crippen molar-refractivity contribution in [3.8, 4) is 0 Å². The number of aliphatic hydroxyl groups excluding tert-OH is 2. The van der Waals surface area contributed by atoms with Crippen LogP contribution in [0.1, 0.15) is 58.3 Å². The number of hydrogen-bond donors (Lipinski definition) is 3. The summed E-state index contributed by atoms with van der Waals surface area (Å²) in [6.45, 7) is 1.85. The molecule has 3 N–H and O–H groups in total. The van der Waals surface area contributed by atoms with Crippen molar-refractivity contribution < 1.29 is 20.1 Å². The summed E-state index contributed by atoms with van der Waals surface area (Å²) < 4.78 is 0. The summed E-state index contributed by atoms with van der Waals surface area (Å²) in [6, 6.07) is 0. The topological polar surface area (TPSA) is 77.8 Å². The van der Waals surface area contributed by atoms with Gasteiger partial charge in [-0.3, -0.25) is 4.79 Å². The van der Waals surface area contributed by atoms with E-state index in [0.717, 1.165) is 25.7 Å². The molecule has 0 aromatic carbocycles. The fraction of sp³-hybridized carbons (Fsp3) is 0.550. The van der Waals surface area contributed by atoms with Crippen LogP contribution < -0.4 is 0 Å². The van der Waals surface area contributed by atoms with Gasteiger partial charge in [0.25, 0.3) is 0 Å². The molecule has 4 nitrogen and oxygen atoms in total. The molecule has 2 atom stereocenters. The molecule has 0 aromatic heterocycles. The number of aliphatic carboxylic acids is 1. The molecule has 4 heteroatoms. The molecule has 0 fully saturated rings. The molecule has 0 aliphatic rings. The molecule has 0 amide bonds. The van der Waals surface area contributed by atoms with E-state index >= 15 is 0 Å². The number of unbranched alkanes of at least 4 members (excludes halogenated alkanes) is 1. The van der Waals surface area contributed by atoms with Crippen LogP contribution in [-0.4, -0.2) is 33.5 Å². The number of rotatable bonds is 14. The summed E-state index contributed by atoms with van der Waals surface area (Å²) in [4.78, 5) is 10.3. The van der Waals surface area contributed by atoms with Gasteiger partial charge in [0.1, 0.15) is 0 Å². The van der Waals surface area contributed by atoms with E-state index in [1.807, 2.05) is 25.2 Å². The van der Waals surface area contributed by atoms with Gasteiger partial charge in [0.05, 0.1) is 12.2 Å². The third kappa shape index (κ3) is 15.3. The van der Waals surface area contributed by atoms with Crippen molar-refractivity contribution in [3.63, 3.8) is 0 Å². The van der Waals surface area contributed by atoms with Crippen LogP contribution in [0.5, 0.6) is 0 Å². The van der Waals surface area contributed by atoms with E-state index in [9.17, 15) is 15.0 Å². The second kappa shape index (κ2) is 16.2. The molecule has 24 heavy (non-hydrogen) atoms. The van der Waals surface area contributed by atoms with Gasteiger partial charge in [0.2, 0.25) is 0 Å². The fourth-order valence-electron chi connectivity index (χ4n) is 1.97. The van der Waals surface area contributed by atoms with Crippen LogP contribution in [0.25, 0.3) is 0 Å². The molecule has 0 rings (SSSR count). The van der Waals surface area contributed by atoms with E-state index in [1.54, 1.807) is 0 Å². The molecule has 0 heterocycles. The average molecular weight is 336 g/mol. The molecule has 0 aliphatic heterocycles. The fourth-order valence-corrected chi connectivity index (χ4v) is 1.97. The minimum absolute atomic E-state index is 0.234. The zero-order valence-corrected chi connectivity index (χ0v) is 14.7. The van der Waals surface area contributed by atoms with E-state index in [-0.39, 0.29) is 6.42 Å². The van der Waals surface area contributed by atoms with E-state index < -0.39 is 18.2 Å². The first-order valence-electron chi connectivity index (χ1n) is 8.75. The molecule has 0 bridgehead atoms. The van der Waals surface area contributed by atoms with Crippen molar-refractivity contribution in [2.45, 2.75) is 70.5 Å². The van der Waals surface area contributed by atoms with E-state index in [4.69, 9.17) is 5.11 Å². The molecule has 136 valence electrons. The third-order valence-electron chi connectivity index (χ3n) is 3.48. The maximum atomic E-state index is 10.3. The molecule has 0 saturated heterocycles. The first-order chi connectivity index (χ1) is 11.6. The Morgan fingerprint density at radius 2 is 1.33 bits per heavy atom. The van der Waals surface area contributed by atoms with Crippen LogP contribution in [0, 0.1) is 0 Å². The monoisotopic (exact) mass is 336 g/mol. The highest BCUT2D eigenvalue weighted by Crippen LogP contribution is 2.04. The minimum Gasteiger partial charge on any atom is -0.481 e. The number of hydrogen-bond acceptors (Lipinski definition) is 3. The van der Waals surface area contributed by atoms with Gasteiger partial charge in [-0.15, -0.1) is 0 Å². The minimum atomic E-state index is -0.736. The molecule has 0 unspecified atom stereocenters. The van der Waals surface area contributed by atoms with Gasteiger partial charge < -0.3 is 15.3 Å². The highest BCUT2D eigenvalue weighted by Gasteiger charge is 2.11. The summed E-state index contributed by atoms with van der Waals surface area (Å²) in [6.07, 6.45) is 20.4. The van der Waals surface area contributed by atoms with Crippen LogP contribution >= 0.6 is 0 Å². The molecule has 0 spiro atoms. The van der Waals surface area contributed by atoms with Gasteiger partial charge in [0.15, 0.2) is 0 Å². The van der Waals surface area contributed by atoms with Gasteiger partial charge in [-0.05, 0) is 44.9 Å². The van der Waals surface area contributed by atoms with Gasteiger partial charge in [-0.1, -0.05) is 55.5 Å². The third-order valence-corrected chi connectivity index (χ3v) is 3.48. The molecular formula is C20H32O4. The van der Waals surface area contributed by atoms with Crippen LogP contribution in [0.3, 0.4) is 0 Å². The largest absolute Gasteiger partial charge is 0.481 e. The number of carbonyl (C=O) groups is 1. The smallest absolute Gasteiger partial charge is 0.303 e. The predicted molar refractivity (Wildman–Crippen MR) is 98.8 cm³/mol. The Balaban J connectivity index is 3.57. The Morgan fingerprint density at radius 3 is 1.83 bits per heavy atom. The van der Waals surface area contributed by atoms with Crippen molar-refractivity contribution in [2.24, 2.45) is 0 Å². The summed E-state index contributed by atoms with van der Waals surface area (Å²) in [5, 5.41) is 27.5. The highest BCUT2D eigenvalue weighted by atomic mass is 16.4. The standard InChI is InChI=1S/C20H32O4/c1-2-18(21)19(22)16-14-12-10-8-6-4-3-5-7-9-11-13-15-17-20(23)24/h3,5-6,8-9,11-12,14,18-19,21-22H,2,4,7,10,13,15-17H2,1H3,(H,23,24)/b5-3-,8-6-,11-9-,14-12-/t18-,19-/m0/s1. The maximum absolute atomic E-state index is 10.3. The van der Waals surface area contributed by atoms with Crippen LogP contribution in [0.4, 0.5) is 0 Å². The summed E-state index contributed by atoms with van der Waals surface area (Å²) >= 11 is 0.